The number of carbonyl (C=O) groups excluding carboxylic acids is 2. The number of hydrogen-bond acceptors (Lipinski definition) is 5. The van der Waals surface area contributed by atoms with E-state index in [2.05, 4.69) is 13.8 Å². The van der Waals surface area contributed by atoms with Crippen LogP contribution in [0.15, 0.2) is 46.0 Å². The van der Waals surface area contributed by atoms with Gasteiger partial charge in [0.2, 0.25) is 5.91 Å². The molecule has 0 aliphatic carbocycles. The second kappa shape index (κ2) is 7.66. The normalized spacial score (nSPS) is 18.3. The van der Waals surface area contributed by atoms with Gasteiger partial charge in [-0.15, -0.1) is 11.3 Å². The summed E-state index contributed by atoms with van der Waals surface area (Å²) in [5, 5.41) is 1.68. The molecule has 156 valence electrons. The summed E-state index contributed by atoms with van der Waals surface area (Å²) in [6, 6.07) is 9.35. The molecular weight excluding hydrogens is 408 g/mol. The number of anilines is 1. The zero-order chi connectivity index (χ0) is 21.6. The summed E-state index contributed by atoms with van der Waals surface area (Å²) < 4.78 is 27.9. The Morgan fingerprint density at radius 1 is 1.10 bits per heavy atom. The van der Waals surface area contributed by atoms with Gasteiger partial charge in [0.1, 0.15) is 10.3 Å². The second-order valence-corrected chi connectivity index (χ2v) is 11.4. The van der Waals surface area contributed by atoms with E-state index in [1.54, 1.807) is 44.4 Å². The molecule has 29 heavy (non-hydrogen) atoms. The average molecular weight is 435 g/mol. The lowest BCUT2D eigenvalue weighted by molar-refractivity contribution is -0.122. The minimum absolute atomic E-state index is 0.160. The van der Waals surface area contributed by atoms with Crippen LogP contribution in [0.1, 0.15) is 52.5 Å². The number of hydrogen-bond donors (Lipinski definition) is 0. The SMILES string of the molecule is CC(C)c1ccc(N2C(=O)CC(N(C(C)(C)C)S(=O)(=O)c3cccs3)C2=O)cc1. The van der Waals surface area contributed by atoms with Gasteiger partial charge in [-0.3, -0.25) is 9.59 Å². The van der Waals surface area contributed by atoms with Crippen LogP contribution in [-0.4, -0.2) is 36.1 Å². The topological polar surface area (TPSA) is 74.8 Å². The number of amides is 2. The molecule has 0 N–H and O–H groups in total. The Kier molecular flexibility index (Phi) is 5.73. The molecule has 1 saturated heterocycles. The van der Waals surface area contributed by atoms with Crippen molar-refractivity contribution in [1.29, 1.82) is 0 Å². The maximum Gasteiger partial charge on any atom is 0.253 e. The van der Waals surface area contributed by atoms with Crippen LogP contribution in [0.2, 0.25) is 0 Å². The van der Waals surface area contributed by atoms with Crippen LogP contribution in [0, 0.1) is 0 Å². The highest BCUT2D eigenvalue weighted by Gasteiger charge is 2.50. The lowest BCUT2D eigenvalue weighted by Crippen LogP contribution is -2.54. The Labute approximate surface area is 176 Å². The Hall–Kier alpha value is -2.03. The zero-order valence-electron chi connectivity index (χ0n) is 17.2. The summed E-state index contributed by atoms with van der Waals surface area (Å²) in [6.45, 7) is 9.32. The molecule has 6 nitrogen and oxygen atoms in total. The standard InChI is InChI=1S/C21H26N2O4S2/c1-14(2)15-8-10-16(11-9-15)22-18(24)13-17(20(22)25)23(21(3,4)5)29(26,27)19-7-6-12-28-19/h6-12,14,17H,13H2,1-5H3. The van der Waals surface area contributed by atoms with Crippen molar-refractivity contribution in [2.45, 2.75) is 62.7 Å². The number of imide groups is 1. The van der Waals surface area contributed by atoms with Crippen molar-refractivity contribution in [3.05, 3.63) is 47.3 Å². The first-order valence-electron chi connectivity index (χ1n) is 9.49. The van der Waals surface area contributed by atoms with Crippen molar-refractivity contribution >= 4 is 38.9 Å². The summed E-state index contributed by atoms with van der Waals surface area (Å²) in [5.41, 5.74) is 0.691. The first kappa shape index (κ1) is 21.7. The first-order chi connectivity index (χ1) is 13.4. The molecule has 1 aromatic carbocycles. The molecule has 0 saturated carbocycles. The second-order valence-electron chi connectivity index (χ2n) is 8.44. The molecule has 2 heterocycles. The van der Waals surface area contributed by atoms with Crippen molar-refractivity contribution in [2.24, 2.45) is 0 Å². The van der Waals surface area contributed by atoms with Crippen LogP contribution >= 0.6 is 11.3 Å². The molecule has 1 aromatic heterocycles. The Morgan fingerprint density at radius 2 is 1.72 bits per heavy atom. The van der Waals surface area contributed by atoms with Crippen molar-refractivity contribution in [1.82, 2.24) is 4.31 Å². The van der Waals surface area contributed by atoms with Crippen LogP contribution in [0.3, 0.4) is 0 Å². The molecule has 2 aromatic rings. The molecule has 1 unspecified atom stereocenters. The molecule has 2 amide bonds. The number of sulfonamides is 1. The lowest BCUT2D eigenvalue weighted by atomic mass is 10.0. The van der Waals surface area contributed by atoms with E-state index in [0.717, 1.165) is 21.8 Å². The smallest absolute Gasteiger partial charge is 0.253 e. The largest absolute Gasteiger partial charge is 0.274 e. The van der Waals surface area contributed by atoms with E-state index in [9.17, 15) is 18.0 Å². The zero-order valence-corrected chi connectivity index (χ0v) is 18.9. The van der Waals surface area contributed by atoms with Gasteiger partial charge in [-0.25, -0.2) is 13.3 Å². The summed E-state index contributed by atoms with van der Waals surface area (Å²) in [4.78, 5) is 27.1. The third-order valence-corrected chi connectivity index (χ3v) is 8.44. The van der Waals surface area contributed by atoms with Crippen molar-refractivity contribution in [2.75, 3.05) is 4.90 Å². The van der Waals surface area contributed by atoms with Crippen molar-refractivity contribution in [3.8, 4) is 0 Å². The fourth-order valence-corrected chi connectivity index (χ4v) is 6.59. The van der Waals surface area contributed by atoms with Gasteiger partial charge >= 0.3 is 0 Å². The van der Waals surface area contributed by atoms with E-state index in [1.807, 2.05) is 12.1 Å². The lowest BCUT2D eigenvalue weighted by Gasteiger charge is -2.37. The van der Waals surface area contributed by atoms with Gasteiger partial charge in [-0.1, -0.05) is 32.0 Å². The number of thiophene rings is 1. The quantitative estimate of drug-likeness (QED) is 0.667. The van der Waals surface area contributed by atoms with Crippen LogP contribution in [0.25, 0.3) is 0 Å². The molecule has 0 bridgehead atoms. The van der Waals surface area contributed by atoms with Gasteiger partial charge in [-0.05, 0) is 55.8 Å². The van der Waals surface area contributed by atoms with E-state index >= 15 is 0 Å². The summed E-state index contributed by atoms with van der Waals surface area (Å²) >= 11 is 1.10. The molecule has 8 heteroatoms. The van der Waals surface area contributed by atoms with Crippen LogP contribution in [-0.2, 0) is 19.6 Å². The first-order valence-corrected chi connectivity index (χ1v) is 11.8. The van der Waals surface area contributed by atoms with Gasteiger partial charge in [0.05, 0.1) is 12.1 Å². The van der Waals surface area contributed by atoms with E-state index in [-0.39, 0.29) is 10.6 Å². The fraction of sp³-hybridized carbons (Fsp3) is 0.429. The summed E-state index contributed by atoms with van der Waals surface area (Å²) in [6.07, 6.45) is -0.174. The minimum Gasteiger partial charge on any atom is -0.274 e. The number of carbonyl (C=O) groups is 2. The third kappa shape index (κ3) is 4.01. The Morgan fingerprint density at radius 3 is 2.21 bits per heavy atom. The molecule has 1 aliphatic heterocycles. The molecular formula is C21H26N2O4S2. The van der Waals surface area contributed by atoms with E-state index < -0.39 is 33.4 Å². The average Bonchev–Trinajstić information content (AvgIpc) is 3.23. The highest BCUT2D eigenvalue weighted by Crippen LogP contribution is 2.35. The van der Waals surface area contributed by atoms with Crippen LogP contribution in [0.5, 0.6) is 0 Å². The van der Waals surface area contributed by atoms with Crippen LogP contribution < -0.4 is 4.90 Å². The van der Waals surface area contributed by atoms with Gasteiger partial charge in [0.15, 0.2) is 0 Å². The molecule has 1 atom stereocenters. The molecule has 0 spiro atoms. The van der Waals surface area contributed by atoms with Crippen molar-refractivity contribution < 1.29 is 18.0 Å². The van der Waals surface area contributed by atoms with Gasteiger partial charge in [0, 0.05) is 5.54 Å². The summed E-state index contributed by atoms with van der Waals surface area (Å²) in [5.74, 6) is -0.579. The van der Waals surface area contributed by atoms with Crippen LogP contribution in [0.4, 0.5) is 5.69 Å². The molecule has 3 rings (SSSR count). The summed E-state index contributed by atoms with van der Waals surface area (Å²) in [7, 11) is -3.93. The number of benzene rings is 1. The molecule has 1 fully saturated rings. The molecule has 0 radical (unpaired) electrons. The van der Waals surface area contributed by atoms with Gasteiger partial charge in [0.25, 0.3) is 15.9 Å². The van der Waals surface area contributed by atoms with E-state index in [4.69, 9.17) is 0 Å². The predicted molar refractivity (Wildman–Crippen MR) is 115 cm³/mol. The highest BCUT2D eigenvalue weighted by atomic mass is 32.2. The van der Waals surface area contributed by atoms with Gasteiger partial charge < -0.3 is 0 Å². The number of nitrogens with zero attached hydrogens (tertiary/aromatic N) is 2. The Bertz CT molecular complexity index is 1000. The van der Waals surface area contributed by atoms with Crippen molar-refractivity contribution in [3.63, 3.8) is 0 Å². The highest BCUT2D eigenvalue weighted by molar-refractivity contribution is 7.91. The van der Waals surface area contributed by atoms with E-state index in [0.29, 0.717) is 11.6 Å². The van der Waals surface area contributed by atoms with E-state index in [1.165, 1.54) is 10.4 Å². The maximum absolute atomic E-state index is 13.3. The fourth-order valence-electron chi connectivity index (χ4n) is 3.58. The minimum atomic E-state index is -3.93. The van der Waals surface area contributed by atoms with Gasteiger partial charge in [-0.2, -0.15) is 4.31 Å². The number of rotatable bonds is 5. The predicted octanol–water partition coefficient (Wildman–Crippen LogP) is 3.99. The third-order valence-electron chi connectivity index (χ3n) is 4.89. The Balaban J connectivity index is 1.99. The maximum atomic E-state index is 13.3. The monoisotopic (exact) mass is 434 g/mol. The molecule has 1 aliphatic rings.